The number of hydrogen-bond donors (Lipinski definition) is 1. The number of nitrogens with zero attached hydrogens (tertiary/aromatic N) is 3. The molecule has 2 N–H and O–H groups in total. The minimum absolute atomic E-state index is 0.257. The van der Waals surface area contributed by atoms with E-state index in [2.05, 4.69) is 15.0 Å². The Hall–Kier alpha value is -1.88. The second kappa shape index (κ2) is 5.40. The summed E-state index contributed by atoms with van der Waals surface area (Å²) in [5.74, 6) is 2.19. The van der Waals surface area contributed by atoms with Crippen LogP contribution in [0.25, 0.3) is 0 Å². The molecule has 0 bridgehead atoms. The van der Waals surface area contributed by atoms with Crippen LogP contribution in [-0.4, -0.2) is 15.0 Å². The van der Waals surface area contributed by atoms with Crippen molar-refractivity contribution in [2.45, 2.75) is 26.7 Å². The van der Waals surface area contributed by atoms with E-state index in [1.165, 1.54) is 0 Å². The molecule has 5 nitrogen and oxygen atoms in total. The van der Waals surface area contributed by atoms with Gasteiger partial charge in [-0.2, -0.15) is 0 Å². The van der Waals surface area contributed by atoms with Gasteiger partial charge in [0.1, 0.15) is 16.7 Å². The first-order chi connectivity index (χ1) is 8.97. The standard InChI is InChI=1S/C13H15ClN4O/c1-7(2)9-5-17-12(14)4-10(9)19-11-6-16-8(3)18-13(11)15/h4-7H,1-3H3,(H2,15,16,18). The zero-order chi connectivity index (χ0) is 14.0. The lowest BCUT2D eigenvalue weighted by Gasteiger charge is -2.14. The molecule has 0 saturated heterocycles. The Bertz CT molecular complexity index is 601. The van der Waals surface area contributed by atoms with E-state index in [0.29, 0.717) is 28.3 Å². The summed E-state index contributed by atoms with van der Waals surface area (Å²) in [5, 5.41) is 0.367. The van der Waals surface area contributed by atoms with Gasteiger partial charge in [0.2, 0.25) is 0 Å². The fourth-order valence-corrected chi connectivity index (χ4v) is 1.77. The van der Waals surface area contributed by atoms with Gasteiger partial charge in [-0.1, -0.05) is 25.4 Å². The first-order valence-corrected chi connectivity index (χ1v) is 6.27. The molecule has 2 rings (SSSR count). The summed E-state index contributed by atoms with van der Waals surface area (Å²) in [4.78, 5) is 12.2. The average molecular weight is 279 g/mol. The average Bonchev–Trinajstić information content (AvgIpc) is 2.32. The Morgan fingerprint density at radius 3 is 2.58 bits per heavy atom. The van der Waals surface area contributed by atoms with Gasteiger partial charge in [-0.25, -0.2) is 15.0 Å². The highest BCUT2D eigenvalue weighted by atomic mass is 35.5. The lowest BCUT2D eigenvalue weighted by Crippen LogP contribution is -2.01. The van der Waals surface area contributed by atoms with Gasteiger partial charge < -0.3 is 10.5 Å². The highest BCUT2D eigenvalue weighted by molar-refractivity contribution is 6.29. The number of halogens is 1. The molecule has 19 heavy (non-hydrogen) atoms. The first kappa shape index (κ1) is 13.5. The second-order valence-electron chi connectivity index (χ2n) is 4.47. The zero-order valence-corrected chi connectivity index (χ0v) is 11.8. The SMILES string of the molecule is Cc1ncc(Oc2cc(Cl)ncc2C(C)C)c(N)n1. The molecule has 0 aliphatic rings. The van der Waals surface area contributed by atoms with Crippen LogP contribution >= 0.6 is 11.6 Å². The smallest absolute Gasteiger partial charge is 0.187 e. The highest BCUT2D eigenvalue weighted by Gasteiger charge is 2.12. The molecule has 0 unspecified atom stereocenters. The van der Waals surface area contributed by atoms with Gasteiger partial charge in [0, 0.05) is 17.8 Å². The molecule has 0 aromatic carbocycles. The number of pyridine rings is 1. The van der Waals surface area contributed by atoms with E-state index < -0.39 is 0 Å². The summed E-state index contributed by atoms with van der Waals surface area (Å²) in [6, 6.07) is 1.66. The van der Waals surface area contributed by atoms with Gasteiger partial charge in [-0.15, -0.1) is 0 Å². The molecule has 0 amide bonds. The van der Waals surface area contributed by atoms with E-state index in [1.54, 1.807) is 25.4 Å². The van der Waals surface area contributed by atoms with Gasteiger partial charge in [-0.05, 0) is 12.8 Å². The zero-order valence-electron chi connectivity index (χ0n) is 11.0. The predicted molar refractivity (Wildman–Crippen MR) is 74.6 cm³/mol. The summed E-state index contributed by atoms with van der Waals surface area (Å²) < 4.78 is 5.76. The number of anilines is 1. The maximum Gasteiger partial charge on any atom is 0.187 e. The molecule has 0 fully saturated rings. The third-order valence-electron chi connectivity index (χ3n) is 2.61. The number of nitrogen functional groups attached to an aromatic ring is 1. The molecule has 0 aliphatic heterocycles. The van der Waals surface area contributed by atoms with Crippen molar-refractivity contribution in [3.8, 4) is 11.5 Å². The van der Waals surface area contributed by atoms with E-state index in [4.69, 9.17) is 22.1 Å². The maximum absolute atomic E-state index is 5.90. The van der Waals surface area contributed by atoms with E-state index in [-0.39, 0.29) is 5.92 Å². The van der Waals surface area contributed by atoms with Gasteiger partial charge in [0.15, 0.2) is 11.6 Å². The van der Waals surface area contributed by atoms with Crippen LogP contribution in [0.2, 0.25) is 5.15 Å². The minimum Gasteiger partial charge on any atom is -0.451 e. The molecule has 100 valence electrons. The summed E-state index contributed by atoms with van der Waals surface area (Å²) in [5.41, 5.74) is 6.76. The first-order valence-electron chi connectivity index (χ1n) is 5.89. The number of aromatic nitrogens is 3. The number of nitrogens with two attached hydrogens (primary N) is 1. The summed E-state index contributed by atoms with van der Waals surface area (Å²) in [6.45, 7) is 5.86. The molecule has 2 heterocycles. The van der Waals surface area contributed by atoms with E-state index in [9.17, 15) is 0 Å². The Kier molecular flexibility index (Phi) is 3.85. The van der Waals surface area contributed by atoms with Gasteiger partial charge >= 0.3 is 0 Å². The van der Waals surface area contributed by atoms with Crippen molar-refractivity contribution in [1.82, 2.24) is 15.0 Å². The van der Waals surface area contributed by atoms with Crippen molar-refractivity contribution in [2.24, 2.45) is 0 Å². The normalized spacial score (nSPS) is 10.8. The number of rotatable bonds is 3. The number of ether oxygens (including phenoxy) is 1. The van der Waals surface area contributed by atoms with E-state index in [1.807, 2.05) is 13.8 Å². The molecule has 0 atom stereocenters. The van der Waals surface area contributed by atoms with Crippen LogP contribution in [0.15, 0.2) is 18.5 Å². The van der Waals surface area contributed by atoms with Crippen molar-refractivity contribution in [3.63, 3.8) is 0 Å². The summed E-state index contributed by atoms with van der Waals surface area (Å²) in [7, 11) is 0. The topological polar surface area (TPSA) is 73.9 Å². The molecule has 6 heteroatoms. The van der Waals surface area contributed by atoms with Gasteiger partial charge in [-0.3, -0.25) is 0 Å². The van der Waals surface area contributed by atoms with Crippen molar-refractivity contribution in [3.05, 3.63) is 35.0 Å². The van der Waals surface area contributed by atoms with Gasteiger partial charge in [0.25, 0.3) is 0 Å². The summed E-state index contributed by atoms with van der Waals surface area (Å²) >= 11 is 5.90. The van der Waals surface area contributed by atoms with Crippen LogP contribution in [0, 0.1) is 6.92 Å². The van der Waals surface area contributed by atoms with Crippen molar-refractivity contribution in [1.29, 1.82) is 0 Å². The van der Waals surface area contributed by atoms with E-state index in [0.717, 1.165) is 5.56 Å². The predicted octanol–water partition coefficient (Wildman–Crippen LogP) is 3.33. The molecule has 0 spiro atoms. The van der Waals surface area contributed by atoms with Crippen molar-refractivity contribution in [2.75, 3.05) is 5.73 Å². The second-order valence-corrected chi connectivity index (χ2v) is 4.86. The van der Waals surface area contributed by atoms with Crippen LogP contribution in [0.4, 0.5) is 5.82 Å². The molecule has 0 aliphatic carbocycles. The Morgan fingerprint density at radius 2 is 1.95 bits per heavy atom. The van der Waals surface area contributed by atoms with Crippen LogP contribution in [0.3, 0.4) is 0 Å². The Labute approximate surface area is 116 Å². The van der Waals surface area contributed by atoms with Crippen LogP contribution in [-0.2, 0) is 0 Å². The van der Waals surface area contributed by atoms with Crippen molar-refractivity contribution >= 4 is 17.4 Å². The molecule has 0 radical (unpaired) electrons. The lowest BCUT2D eigenvalue weighted by atomic mass is 10.1. The Balaban J connectivity index is 2.39. The quantitative estimate of drug-likeness (QED) is 0.872. The molecule has 0 saturated carbocycles. The molecular weight excluding hydrogens is 264 g/mol. The lowest BCUT2D eigenvalue weighted by molar-refractivity contribution is 0.469. The number of hydrogen-bond acceptors (Lipinski definition) is 5. The third-order valence-corrected chi connectivity index (χ3v) is 2.81. The third kappa shape index (κ3) is 3.12. The number of aryl methyl sites for hydroxylation is 1. The minimum atomic E-state index is 0.257. The highest BCUT2D eigenvalue weighted by Crippen LogP contribution is 2.33. The molecule has 2 aromatic heterocycles. The van der Waals surface area contributed by atoms with Crippen LogP contribution < -0.4 is 10.5 Å². The molecule has 2 aromatic rings. The molecular formula is C13H15ClN4O. The van der Waals surface area contributed by atoms with Crippen LogP contribution in [0.1, 0.15) is 31.2 Å². The monoisotopic (exact) mass is 278 g/mol. The van der Waals surface area contributed by atoms with E-state index >= 15 is 0 Å². The fourth-order valence-electron chi connectivity index (χ4n) is 1.62. The fraction of sp³-hybridized carbons (Fsp3) is 0.308. The van der Waals surface area contributed by atoms with Crippen LogP contribution in [0.5, 0.6) is 11.5 Å². The van der Waals surface area contributed by atoms with Crippen molar-refractivity contribution < 1.29 is 4.74 Å². The largest absolute Gasteiger partial charge is 0.451 e. The van der Waals surface area contributed by atoms with Gasteiger partial charge in [0.05, 0.1) is 6.20 Å². The summed E-state index contributed by atoms with van der Waals surface area (Å²) in [6.07, 6.45) is 3.25. The maximum atomic E-state index is 5.90. The Morgan fingerprint density at radius 1 is 1.21 bits per heavy atom.